The van der Waals surface area contributed by atoms with Crippen LogP contribution in [0.15, 0.2) is 30.3 Å². The first-order valence-electron chi connectivity index (χ1n) is 9.59. The lowest BCUT2D eigenvalue weighted by Gasteiger charge is -2.26. The molecule has 1 aromatic carbocycles. The van der Waals surface area contributed by atoms with E-state index in [1.54, 1.807) is 27.7 Å². The Morgan fingerprint density at radius 2 is 1.43 bits per heavy atom. The topological polar surface area (TPSA) is 93.7 Å². The van der Waals surface area contributed by atoms with Gasteiger partial charge in [0, 0.05) is 0 Å². The molecule has 28 heavy (non-hydrogen) atoms. The lowest BCUT2D eigenvalue weighted by Crippen LogP contribution is -2.55. The molecule has 0 fully saturated rings. The second kappa shape index (κ2) is 11.3. The van der Waals surface area contributed by atoms with Crippen molar-refractivity contribution in [3.63, 3.8) is 0 Å². The molecule has 1 aromatic rings. The zero-order valence-electron chi connectivity index (χ0n) is 17.5. The molecule has 0 radical (unpaired) electrons. The maximum atomic E-state index is 12.7. The highest BCUT2D eigenvalue weighted by Gasteiger charge is 2.31. The van der Waals surface area contributed by atoms with Crippen LogP contribution in [-0.4, -0.2) is 36.2 Å². The number of benzene rings is 1. The molecule has 0 aliphatic carbocycles. The molecule has 0 aliphatic heterocycles. The molecular formula is C21H32N2O5. The van der Waals surface area contributed by atoms with Gasteiger partial charge in [0.05, 0.1) is 6.10 Å². The van der Waals surface area contributed by atoms with Crippen molar-refractivity contribution in [2.75, 3.05) is 0 Å². The molecule has 7 heteroatoms. The molecule has 0 aliphatic rings. The number of alkyl carbamates (subject to hydrolysis) is 1. The van der Waals surface area contributed by atoms with Crippen LogP contribution in [0.5, 0.6) is 0 Å². The normalized spacial score (nSPS) is 13.2. The smallest absolute Gasteiger partial charge is 0.408 e. The average Bonchev–Trinajstić information content (AvgIpc) is 2.61. The predicted molar refractivity (Wildman–Crippen MR) is 106 cm³/mol. The molecule has 2 atom stereocenters. The van der Waals surface area contributed by atoms with Crippen LogP contribution < -0.4 is 10.6 Å². The van der Waals surface area contributed by atoms with Crippen molar-refractivity contribution in [2.24, 2.45) is 11.8 Å². The molecule has 0 saturated heterocycles. The number of hydrogen-bond acceptors (Lipinski definition) is 5. The average molecular weight is 392 g/mol. The van der Waals surface area contributed by atoms with Crippen LogP contribution in [0.4, 0.5) is 4.79 Å². The van der Waals surface area contributed by atoms with Gasteiger partial charge in [-0.1, -0.05) is 58.0 Å². The Bertz CT molecular complexity index is 643. The standard InChI is InChI=1S/C21H32N2O5/c1-13(2)17(23-21(26)28-15(5)6)19(24)22-18(14(3)4)20(25)27-12-16-10-8-7-9-11-16/h7-11,13-15,17-18H,12H2,1-6H3,(H,22,24)(H,23,26)/t17-,18-/m0/s1. The summed E-state index contributed by atoms with van der Waals surface area (Å²) in [6.45, 7) is 10.8. The summed E-state index contributed by atoms with van der Waals surface area (Å²) in [6, 6.07) is 7.67. The monoisotopic (exact) mass is 392 g/mol. The van der Waals surface area contributed by atoms with E-state index in [0.717, 1.165) is 5.56 Å². The van der Waals surface area contributed by atoms with E-state index in [0.29, 0.717) is 0 Å². The SMILES string of the molecule is CC(C)OC(=O)N[C@H](C(=O)N[C@H](C(=O)OCc1ccccc1)C(C)C)C(C)C. The van der Waals surface area contributed by atoms with Gasteiger partial charge >= 0.3 is 12.1 Å². The molecule has 1 rings (SSSR count). The van der Waals surface area contributed by atoms with Gasteiger partial charge in [0.25, 0.3) is 0 Å². The summed E-state index contributed by atoms with van der Waals surface area (Å²) in [5, 5.41) is 5.27. The minimum Gasteiger partial charge on any atom is -0.459 e. The summed E-state index contributed by atoms with van der Waals surface area (Å²) in [5.41, 5.74) is 0.864. The molecule has 0 aromatic heterocycles. The Balaban J connectivity index is 2.74. The molecule has 0 unspecified atom stereocenters. The summed E-state index contributed by atoms with van der Waals surface area (Å²) >= 11 is 0. The Morgan fingerprint density at radius 3 is 1.93 bits per heavy atom. The predicted octanol–water partition coefficient (Wildman–Crippen LogP) is 3.03. The van der Waals surface area contributed by atoms with Crippen molar-refractivity contribution >= 4 is 18.0 Å². The van der Waals surface area contributed by atoms with E-state index >= 15 is 0 Å². The highest BCUT2D eigenvalue weighted by molar-refractivity contribution is 5.90. The van der Waals surface area contributed by atoms with Crippen LogP contribution >= 0.6 is 0 Å². The van der Waals surface area contributed by atoms with Crippen LogP contribution in [0.3, 0.4) is 0 Å². The largest absolute Gasteiger partial charge is 0.459 e. The van der Waals surface area contributed by atoms with Crippen molar-refractivity contribution in [1.29, 1.82) is 0 Å². The molecule has 0 spiro atoms. The minimum absolute atomic E-state index is 0.130. The second-order valence-electron chi connectivity index (χ2n) is 7.64. The number of carbonyl (C=O) groups excluding carboxylic acids is 3. The van der Waals surface area contributed by atoms with Crippen LogP contribution in [-0.2, 0) is 25.7 Å². The summed E-state index contributed by atoms with van der Waals surface area (Å²) < 4.78 is 10.4. The van der Waals surface area contributed by atoms with Gasteiger partial charge < -0.3 is 20.1 Å². The molecule has 7 nitrogen and oxygen atoms in total. The molecule has 0 bridgehead atoms. The third-order valence-electron chi connectivity index (χ3n) is 4.01. The Hall–Kier alpha value is -2.57. The summed E-state index contributed by atoms with van der Waals surface area (Å²) in [4.78, 5) is 37.1. The highest BCUT2D eigenvalue weighted by Crippen LogP contribution is 2.10. The summed E-state index contributed by atoms with van der Waals surface area (Å²) in [6.07, 6.45) is -0.969. The first-order chi connectivity index (χ1) is 13.1. The quantitative estimate of drug-likeness (QED) is 0.630. The Morgan fingerprint density at radius 1 is 0.857 bits per heavy atom. The number of ether oxygens (including phenoxy) is 2. The number of hydrogen-bond donors (Lipinski definition) is 2. The first-order valence-corrected chi connectivity index (χ1v) is 9.59. The third-order valence-corrected chi connectivity index (χ3v) is 4.01. The van der Waals surface area contributed by atoms with E-state index in [1.165, 1.54) is 0 Å². The number of esters is 1. The van der Waals surface area contributed by atoms with Crippen LogP contribution in [0, 0.1) is 11.8 Å². The Labute approximate surface area is 167 Å². The van der Waals surface area contributed by atoms with Gasteiger partial charge in [-0.3, -0.25) is 4.79 Å². The minimum atomic E-state index is -0.825. The van der Waals surface area contributed by atoms with E-state index in [-0.39, 0.29) is 24.5 Å². The van der Waals surface area contributed by atoms with Gasteiger partial charge in [-0.25, -0.2) is 9.59 Å². The Kier molecular flexibility index (Phi) is 9.48. The van der Waals surface area contributed by atoms with Crippen molar-refractivity contribution in [2.45, 2.75) is 66.3 Å². The number of carbonyl (C=O) groups is 3. The fourth-order valence-electron chi connectivity index (χ4n) is 2.47. The van der Waals surface area contributed by atoms with Crippen molar-refractivity contribution < 1.29 is 23.9 Å². The molecule has 0 heterocycles. The zero-order valence-corrected chi connectivity index (χ0v) is 17.5. The van der Waals surface area contributed by atoms with Gasteiger partial charge in [-0.05, 0) is 31.2 Å². The van der Waals surface area contributed by atoms with Gasteiger partial charge in [0.1, 0.15) is 18.7 Å². The molecule has 0 saturated carbocycles. The maximum Gasteiger partial charge on any atom is 0.408 e. The molecular weight excluding hydrogens is 360 g/mol. The molecule has 156 valence electrons. The molecule has 2 amide bonds. The van der Waals surface area contributed by atoms with Gasteiger partial charge in [-0.2, -0.15) is 0 Å². The van der Waals surface area contributed by atoms with Crippen molar-refractivity contribution in [1.82, 2.24) is 10.6 Å². The highest BCUT2D eigenvalue weighted by atomic mass is 16.6. The van der Waals surface area contributed by atoms with E-state index in [4.69, 9.17) is 9.47 Å². The van der Waals surface area contributed by atoms with E-state index in [1.807, 2.05) is 44.2 Å². The van der Waals surface area contributed by atoms with Crippen LogP contribution in [0.1, 0.15) is 47.1 Å². The number of nitrogens with one attached hydrogen (secondary N) is 2. The zero-order chi connectivity index (χ0) is 21.3. The van der Waals surface area contributed by atoms with E-state index in [9.17, 15) is 14.4 Å². The van der Waals surface area contributed by atoms with Gasteiger partial charge in [0.2, 0.25) is 5.91 Å². The number of rotatable bonds is 9. The fourth-order valence-corrected chi connectivity index (χ4v) is 2.47. The van der Waals surface area contributed by atoms with Crippen molar-refractivity contribution in [3.05, 3.63) is 35.9 Å². The lowest BCUT2D eigenvalue weighted by molar-refractivity contribution is -0.150. The summed E-state index contributed by atoms with van der Waals surface area (Å²) in [5.74, 6) is -1.33. The lowest BCUT2D eigenvalue weighted by atomic mass is 10.0. The number of amides is 2. The summed E-state index contributed by atoms with van der Waals surface area (Å²) in [7, 11) is 0. The van der Waals surface area contributed by atoms with Crippen LogP contribution in [0.25, 0.3) is 0 Å². The maximum absolute atomic E-state index is 12.7. The fraction of sp³-hybridized carbons (Fsp3) is 0.571. The third kappa shape index (κ3) is 7.98. The molecule has 2 N–H and O–H groups in total. The van der Waals surface area contributed by atoms with E-state index in [2.05, 4.69) is 10.6 Å². The first kappa shape index (κ1) is 23.5. The van der Waals surface area contributed by atoms with Crippen LogP contribution in [0.2, 0.25) is 0 Å². The van der Waals surface area contributed by atoms with Gasteiger partial charge in [-0.15, -0.1) is 0 Å². The second-order valence-corrected chi connectivity index (χ2v) is 7.64. The van der Waals surface area contributed by atoms with Crippen molar-refractivity contribution in [3.8, 4) is 0 Å². The van der Waals surface area contributed by atoms with E-state index < -0.39 is 30.1 Å². The van der Waals surface area contributed by atoms with Gasteiger partial charge in [0.15, 0.2) is 0 Å².